The van der Waals surface area contributed by atoms with E-state index >= 15 is 0 Å². The van der Waals surface area contributed by atoms with Crippen molar-refractivity contribution in [2.45, 2.75) is 59.7 Å². The van der Waals surface area contributed by atoms with Gasteiger partial charge in [0.05, 0.1) is 99.0 Å². The quantitative estimate of drug-likeness (QED) is 0.0623. The summed E-state index contributed by atoms with van der Waals surface area (Å²) in [7, 11) is 3.10. The predicted molar refractivity (Wildman–Crippen MR) is 252 cm³/mol. The monoisotopic (exact) mass is 981 g/mol. The number of imide groups is 1. The summed E-state index contributed by atoms with van der Waals surface area (Å²) in [5.41, 5.74) is 1.13. The molecule has 390 valence electrons. The van der Waals surface area contributed by atoms with E-state index in [1.165, 1.54) is 31.1 Å². The Bertz CT molecular complexity index is 1700. The lowest BCUT2D eigenvalue weighted by Gasteiger charge is -2.28. The molecule has 3 N–H and O–H groups in total. The molecule has 2 rings (SSSR count). The SMILES string of the molecule is COCCN(CCN(CCOC)C(=O)C(C)C)C(=O)OCc1ccc(NC(=O)[C@H](C)NC(=O)[C@@H](NC(=O)CCOCCOCCOCCOCCOCCOCCN2C(=O)C=CC2=O)C(C)C)cc1. The van der Waals surface area contributed by atoms with Crippen LogP contribution in [-0.4, -0.2) is 208 Å². The summed E-state index contributed by atoms with van der Waals surface area (Å²) >= 11 is 0. The minimum absolute atomic E-state index is 0.0215. The van der Waals surface area contributed by atoms with E-state index < -0.39 is 30.0 Å². The van der Waals surface area contributed by atoms with E-state index in [0.717, 1.165) is 4.90 Å². The van der Waals surface area contributed by atoms with Crippen LogP contribution >= 0.6 is 0 Å². The van der Waals surface area contributed by atoms with Crippen molar-refractivity contribution in [1.82, 2.24) is 25.3 Å². The van der Waals surface area contributed by atoms with Gasteiger partial charge in [0.15, 0.2) is 0 Å². The fourth-order valence-corrected chi connectivity index (χ4v) is 6.13. The van der Waals surface area contributed by atoms with E-state index in [4.69, 9.17) is 42.6 Å². The maximum atomic E-state index is 13.2. The molecule has 0 saturated heterocycles. The lowest BCUT2D eigenvalue weighted by molar-refractivity contribution is -0.138. The molecule has 0 spiro atoms. The minimum Gasteiger partial charge on any atom is -0.445 e. The first-order valence-electron chi connectivity index (χ1n) is 23.4. The molecule has 0 bridgehead atoms. The van der Waals surface area contributed by atoms with E-state index in [9.17, 15) is 33.6 Å². The molecular weight excluding hydrogens is 905 g/mol. The molecule has 22 heteroatoms. The number of nitrogens with one attached hydrogen (secondary N) is 3. The first kappa shape index (κ1) is 60.1. The third-order valence-electron chi connectivity index (χ3n) is 10.1. The molecule has 0 fully saturated rings. The van der Waals surface area contributed by atoms with Crippen LogP contribution in [0.4, 0.5) is 10.5 Å². The highest BCUT2D eigenvalue weighted by Gasteiger charge is 2.27. The number of anilines is 1. The van der Waals surface area contributed by atoms with Gasteiger partial charge in [-0.3, -0.25) is 33.7 Å². The summed E-state index contributed by atoms with van der Waals surface area (Å²) in [4.78, 5) is 91.8. The van der Waals surface area contributed by atoms with E-state index in [1.807, 2.05) is 13.8 Å². The van der Waals surface area contributed by atoms with Crippen LogP contribution in [0.25, 0.3) is 0 Å². The van der Waals surface area contributed by atoms with Crippen molar-refractivity contribution in [1.29, 1.82) is 0 Å². The van der Waals surface area contributed by atoms with Crippen molar-refractivity contribution in [3.05, 3.63) is 42.0 Å². The Labute approximate surface area is 406 Å². The smallest absolute Gasteiger partial charge is 0.410 e. The number of rotatable bonds is 39. The molecule has 7 amide bonds. The van der Waals surface area contributed by atoms with Crippen LogP contribution in [0.1, 0.15) is 46.6 Å². The van der Waals surface area contributed by atoms with Crippen LogP contribution in [0.3, 0.4) is 0 Å². The summed E-state index contributed by atoms with van der Waals surface area (Å²) in [5, 5.41) is 8.17. The Morgan fingerprint density at radius 3 is 1.55 bits per heavy atom. The molecule has 1 aromatic carbocycles. The number of methoxy groups -OCH3 is 2. The zero-order valence-corrected chi connectivity index (χ0v) is 41.5. The van der Waals surface area contributed by atoms with Crippen LogP contribution < -0.4 is 16.0 Å². The molecule has 0 unspecified atom stereocenters. The number of ether oxygens (including phenoxy) is 9. The number of amides is 7. The van der Waals surface area contributed by atoms with Crippen LogP contribution in [0.5, 0.6) is 0 Å². The predicted octanol–water partition coefficient (Wildman–Crippen LogP) is 1.40. The average molecular weight is 981 g/mol. The van der Waals surface area contributed by atoms with Gasteiger partial charge in [0.1, 0.15) is 18.7 Å². The Balaban J connectivity index is 1.57. The van der Waals surface area contributed by atoms with Crippen LogP contribution in [-0.2, 0) is 78.0 Å². The third kappa shape index (κ3) is 25.9. The molecular formula is C47H76N6O16. The molecule has 69 heavy (non-hydrogen) atoms. The zero-order valence-electron chi connectivity index (χ0n) is 41.5. The zero-order chi connectivity index (χ0) is 50.8. The van der Waals surface area contributed by atoms with Gasteiger partial charge in [-0.1, -0.05) is 39.8 Å². The van der Waals surface area contributed by atoms with Gasteiger partial charge in [0.25, 0.3) is 11.8 Å². The highest BCUT2D eigenvalue weighted by atomic mass is 16.6. The van der Waals surface area contributed by atoms with Gasteiger partial charge >= 0.3 is 6.09 Å². The number of benzene rings is 1. The lowest BCUT2D eigenvalue weighted by Crippen LogP contribution is -2.53. The number of hydrogen-bond acceptors (Lipinski definition) is 16. The number of carbonyl (C=O) groups excluding carboxylic acids is 7. The summed E-state index contributed by atoms with van der Waals surface area (Å²) in [6, 6.07) is 4.89. The van der Waals surface area contributed by atoms with Gasteiger partial charge in [0.2, 0.25) is 23.6 Å². The number of carbonyl (C=O) groups is 7. The first-order chi connectivity index (χ1) is 33.2. The normalized spacial score (nSPS) is 13.2. The van der Waals surface area contributed by atoms with E-state index in [2.05, 4.69) is 16.0 Å². The first-order valence-corrected chi connectivity index (χ1v) is 23.4. The molecule has 1 aromatic rings. The maximum absolute atomic E-state index is 13.2. The molecule has 1 aliphatic rings. The minimum atomic E-state index is -0.929. The highest BCUT2D eigenvalue weighted by molar-refractivity contribution is 6.12. The lowest BCUT2D eigenvalue weighted by atomic mass is 10.0. The van der Waals surface area contributed by atoms with Gasteiger partial charge < -0.3 is 68.4 Å². The topological polar surface area (TPSA) is 248 Å². The fourth-order valence-electron chi connectivity index (χ4n) is 6.13. The Morgan fingerprint density at radius 1 is 0.580 bits per heavy atom. The summed E-state index contributed by atoms with van der Waals surface area (Å²) in [6.45, 7) is 14.7. The van der Waals surface area contributed by atoms with Crippen molar-refractivity contribution in [3.8, 4) is 0 Å². The largest absolute Gasteiger partial charge is 0.445 e. The average Bonchev–Trinajstić information content (AvgIpc) is 3.65. The second kappa shape index (κ2) is 36.0. The second-order valence-electron chi connectivity index (χ2n) is 16.3. The van der Waals surface area contributed by atoms with Gasteiger partial charge in [-0.15, -0.1) is 0 Å². The van der Waals surface area contributed by atoms with Crippen molar-refractivity contribution < 1.29 is 76.2 Å². The third-order valence-corrected chi connectivity index (χ3v) is 10.1. The van der Waals surface area contributed by atoms with E-state index in [-0.39, 0.29) is 94.6 Å². The van der Waals surface area contributed by atoms with Crippen LogP contribution in [0.15, 0.2) is 36.4 Å². The van der Waals surface area contributed by atoms with E-state index in [1.54, 1.807) is 50.1 Å². The molecule has 22 nitrogen and oxygen atoms in total. The van der Waals surface area contributed by atoms with Gasteiger partial charge in [-0.05, 0) is 30.5 Å². The standard InChI is InChI=1S/C47H76N6O16/c1-35(2)43(50-40(54)14-20-63-24-26-65-28-30-67-32-33-68-31-29-66-27-25-64-23-19-53-41(55)12-13-42(53)56)45(58)48-37(5)44(57)49-39-10-8-38(9-11-39)34-69-47(60)52(18-22-62-7)16-15-51(17-21-61-6)46(59)36(3)4/h8-13,35-37,43H,14-34H2,1-7H3,(H,48,58)(H,49,57)(H,50,54)/t37-,43-/m0/s1. The Morgan fingerprint density at radius 2 is 1.06 bits per heavy atom. The summed E-state index contributed by atoms with van der Waals surface area (Å²) in [5.74, 6) is -2.54. The van der Waals surface area contributed by atoms with Crippen LogP contribution in [0, 0.1) is 11.8 Å². The molecule has 1 aliphatic heterocycles. The molecule has 2 atom stereocenters. The summed E-state index contributed by atoms with van der Waals surface area (Å²) in [6.07, 6.45) is 1.93. The van der Waals surface area contributed by atoms with Crippen molar-refractivity contribution in [2.75, 3.05) is 145 Å². The Kier molecular flexibility index (Phi) is 31.3. The van der Waals surface area contributed by atoms with Gasteiger partial charge in [-0.25, -0.2) is 4.79 Å². The summed E-state index contributed by atoms with van der Waals surface area (Å²) < 4.78 is 48.6. The molecule has 1 heterocycles. The molecule has 0 aliphatic carbocycles. The van der Waals surface area contributed by atoms with E-state index in [0.29, 0.717) is 90.4 Å². The van der Waals surface area contributed by atoms with Crippen molar-refractivity contribution >= 4 is 47.2 Å². The molecule has 0 radical (unpaired) electrons. The van der Waals surface area contributed by atoms with Crippen molar-refractivity contribution in [2.24, 2.45) is 11.8 Å². The molecule has 0 aromatic heterocycles. The number of nitrogens with zero attached hydrogens (tertiary/aromatic N) is 3. The maximum Gasteiger partial charge on any atom is 0.410 e. The second-order valence-corrected chi connectivity index (χ2v) is 16.3. The van der Waals surface area contributed by atoms with Crippen molar-refractivity contribution in [3.63, 3.8) is 0 Å². The Hall–Kier alpha value is -5.07. The molecule has 0 saturated carbocycles. The fraction of sp³-hybridized carbons (Fsp3) is 0.681. The van der Waals surface area contributed by atoms with Gasteiger partial charge in [0, 0.05) is 70.6 Å². The number of hydrogen-bond donors (Lipinski definition) is 3. The van der Waals surface area contributed by atoms with Crippen LogP contribution in [0.2, 0.25) is 0 Å². The van der Waals surface area contributed by atoms with Gasteiger partial charge in [-0.2, -0.15) is 0 Å². The highest BCUT2D eigenvalue weighted by Crippen LogP contribution is 2.13.